The minimum absolute atomic E-state index is 0.501. The van der Waals surface area contributed by atoms with Crippen LogP contribution in [0.25, 0.3) is 0 Å². The molecule has 0 amide bonds. The molecule has 0 aliphatic carbocycles. The van der Waals surface area contributed by atoms with Crippen molar-refractivity contribution < 1.29 is 0 Å². The molecule has 4 heterocycles. The number of anilines is 2. The molecular formula is C19H27N7. The van der Waals surface area contributed by atoms with E-state index in [2.05, 4.69) is 54.8 Å². The van der Waals surface area contributed by atoms with Gasteiger partial charge in [0.25, 0.3) is 0 Å². The number of hydrogen-bond acceptors (Lipinski definition) is 7. The molecule has 0 radical (unpaired) electrons. The van der Waals surface area contributed by atoms with E-state index in [-0.39, 0.29) is 0 Å². The van der Waals surface area contributed by atoms with Crippen molar-refractivity contribution in [3.63, 3.8) is 0 Å². The van der Waals surface area contributed by atoms with E-state index < -0.39 is 0 Å². The van der Waals surface area contributed by atoms with E-state index >= 15 is 0 Å². The van der Waals surface area contributed by atoms with Crippen LogP contribution in [-0.4, -0.2) is 64.6 Å². The third-order valence-electron chi connectivity index (χ3n) is 5.63. The van der Waals surface area contributed by atoms with Crippen molar-refractivity contribution in [3.05, 3.63) is 35.7 Å². The molecule has 0 atom stereocenters. The van der Waals surface area contributed by atoms with Crippen LogP contribution in [0.15, 0.2) is 18.7 Å². The third kappa shape index (κ3) is 3.35. The molecule has 7 nitrogen and oxygen atoms in total. The average molecular weight is 353 g/mol. The van der Waals surface area contributed by atoms with Crippen molar-refractivity contribution >= 4 is 11.6 Å². The Bertz CT molecular complexity index is 770. The SMILES string of the molecule is Cc1cc(N(C)C2CCN(c3ncnc4c3CN(C)CC4)CC2)ncn1. The van der Waals surface area contributed by atoms with Gasteiger partial charge in [-0.1, -0.05) is 0 Å². The standard InChI is InChI=1S/C19H27N7/c1-14-10-18(22-12-20-14)25(3)15-4-8-26(9-5-15)19-16-11-24(2)7-6-17(16)21-13-23-19/h10,12-13,15H,4-9,11H2,1-3H3. The Morgan fingerprint density at radius 2 is 1.81 bits per heavy atom. The molecule has 0 N–H and O–H groups in total. The first-order valence-electron chi connectivity index (χ1n) is 9.39. The quantitative estimate of drug-likeness (QED) is 0.832. The fourth-order valence-electron chi connectivity index (χ4n) is 4.02. The van der Waals surface area contributed by atoms with Crippen molar-refractivity contribution in [2.75, 3.05) is 43.5 Å². The molecule has 0 saturated carbocycles. The molecule has 0 unspecified atom stereocenters. The normalized spacial score (nSPS) is 18.7. The summed E-state index contributed by atoms with van der Waals surface area (Å²) in [6.07, 6.45) is 6.62. The molecule has 2 aliphatic rings. The van der Waals surface area contributed by atoms with Crippen LogP contribution in [0.5, 0.6) is 0 Å². The summed E-state index contributed by atoms with van der Waals surface area (Å²) in [6.45, 7) is 6.08. The van der Waals surface area contributed by atoms with Crippen molar-refractivity contribution in [1.29, 1.82) is 0 Å². The van der Waals surface area contributed by atoms with Gasteiger partial charge in [0.1, 0.15) is 24.3 Å². The number of aromatic nitrogens is 4. The van der Waals surface area contributed by atoms with Gasteiger partial charge in [0.05, 0.1) is 5.69 Å². The zero-order valence-electron chi connectivity index (χ0n) is 15.9. The molecule has 4 rings (SSSR count). The Morgan fingerprint density at radius 3 is 2.58 bits per heavy atom. The topological polar surface area (TPSA) is 61.3 Å². The summed E-state index contributed by atoms with van der Waals surface area (Å²) < 4.78 is 0. The summed E-state index contributed by atoms with van der Waals surface area (Å²) in [4.78, 5) is 24.9. The molecule has 0 spiro atoms. The highest BCUT2D eigenvalue weighted by Crippen LogP contribution is 2.29. The smallest absolute Gasteiger partial charge is 0.136 e. The molecule has 1 fully saturated rings. The van der Waals surface area contributed by atoms with Crippen LogP contribution in [-0.2, 0) is 13.0 Å². The second kappa shape index (κ2) is 7.15. The summed E-state index contributed by atoms with van der Waals surface area (Å²) in [6, 6.07) is 2.56. The average Bonchev–Trinajstić information content (AvgIpc) is 2.67. The summed E-state index contributed by atoms with van der Waals surface area (Å²) in [7, 11) is 4.31. The fourth-order valence-corrected chi connectivity index (χ4v) is 4.02. The minimum atomic E-state index is 0.501. The first-order chi connectivity index (χ1) is 12.6. The number of nitrogens with zero attached hydrogens (tertiary/aromatic N) is 7. The fraction of sp³-hybridized carbons (Fsp3) is 0.579. The van der Waals surface area contributed by atoms with Crippen LogP contribution < -0.4 is 9.80 Å². The van der Waals surface area contributed by atoms with Gasteiger partial charge in [-0.05, 0) is 26.8 Å². The van der Waals surface area contributed by atoms with E-state index in [9.17, 15) is 0 Å². The van der Waals surface area contributed by atoms with Crippen LogP contribution in [0.4, 0.5) is 11.6 Å². The molecule has 1 saturated heterocycles. The van der Waals surface area contributed by atoms with E-state index in [1.165, 1.54) is 11.3 Å². The van der Waals surface area contributed by atoms with Gasteiger partial charge in [-0.25, -0.2) is 19.9 Å². The van der Waals surface area contributed by atoms with Crippen LogP contribution in [0, 0.1) is 6.92 Å². The summed E-state index contributed by atoms with van der Waals surface area (Å²) in [5.41, 5.74) is 3.55. The molecule has 2 aliphatic heterocycles. The van der Waals surface area contributed by atoms with Gasteiger partial charge in [-0.15, -0.1) is 0 Å². The number of fused-ring (bicyclic) bond motifs is 1. The largest absolute Gasteiger partial charge is 0.356 e. The lowest BCUT2D eigenvalue weighted by Gasteiger charge is -2.39. The van der Waals surface area contributed by atoms with Crippen molar-refractivity contribution in [2.45, 2.75) is 38.8 Å². The maximum Gasteiger partial charge on any atom is 0.136 e. The van der Waals surface area contributed by atoms with Crippen LogP contribution in [0.1, 0.15) is 29.8 Å². The number of rotatable bonds is 3. The first kappa shape index (κ1) is 17.1. The van der Waals surface area contributed by atoms with Crippen LogP contribution in [0.3, 0.4) is 0 Å². The molecule has 2 aromatic rings. The van der Waals surface area contributed by atoms with Gasteiger partial charge < -0.3 is 14.7 Å². The van der Waals surface area contributed by atoms with Crippen LogP contribution >= 0.6 is 0 Å². The second-order valence-electron chi connectivity index (χ2n) is 7.46. The number of aryl methyl sites for hydroxylation is 1. The molecule has 26 heavy (non-hydrogen) atoms. The third-order valence-corrected chi connectivity index (χ3v) is 5.63. The summed E-state index contributed by atoms with van der Waals surface area (Å²) in [5, 5.41) is 0. The summed E-state index contributed by atoms with van der Waals surface area (Å²) >= 11 is 0. The predicted molar refractivity (Wildman–Crippen MR) is 102 cm³/mol. The van der Waals surface area contributed by atoms with Gasteiger partial charge in [0.2, 0.25) is 0 Å². The Morgan fingerprint density at radius 1 is 1.04 bits per heavy atom. The minimum Gasteiger partial charge on any atom is -0.356 e. The summed E-state index contributed by atoms with van der Waals surface area (Å²) in [5.74, 6) is 2.15. The molecule has 0 aromatic carbocycles. The van der Waals surface area contributed by atoms with Gasteiger partial charge in [-0.2, -0.15) is 0 Å². The van der Waals surface area contributed by atoms with E-state index in [4.69, 9.17) is 0 Å². The van der Waals surface area contributed by atoms with Gasteiger partial charge in [-0.3, -0.25) is 0 Å². The molecule has 0 bridgehead atoms. The van der Waals surface area contributed by atoms with E-state index in [0.29, 0.717) is 6.04 Å². The molecule has 2 aromatic heterocycles. The lowest BCUT2D eigenvalue weighted by atomic mass is 10.0. The maximum atomic E-state index is 4.64. The zero-order chi connectivity index (χ0) is 18.1. The predicted octanol–water partition coefficient (Wildman–Crippen LogP) is 1.67. The lowest BCUT2D eigenvalue weighted by molar-refractivity contribution is 0.308. The number of likely N-dealkylation sites (N-methyl/N-ethyl adjacent to an activating group) is 1. The highest BCUT2D eigenvalue weighted by atomic mass is 15.3. The van der Waals surface area contributed by atoms with Gasteiger partial charge in [0, 0.05) is 63.0 Å². The molecule has 7 heteroatoms. The second-order valence-corrected chi connectivity index (χ2v) is 7.46. The highest BCUT2D eigenvalue weighted by molar-refractivity contribution is 5.50. The maximum absolute atomic E-state index is 4.64. The Kier molecular flexibility index (Phi) is 4.72. The Hall–Kier alpha value is -2.28. The van der Waals surface area contributed by atoms with Crippen molar-refractivity contribution in [2.24, 2.45) is 0 Å². The van der Waals surface area contributed by atoms with E-state index in [1.54, 1.807) is 12.7 Å². The zero-order valence-corrected chi connectivity index (χ0v) is 15.9. The van der Waals surface area contributed by atoms with Crippen molar-refractivity contribution in [3.8, 4) is 0 Å². The van der Waals surface area contributed by atoms with E-state index in [0.717, 1.165) is 62.8 Å². The highest BCUT2D eigenvalue weighted by Gasteiger charge is 2.27. The van der Waals surface area contributed by atoms with Gasteiger partial charge in [0.15, 0.2) is 0 Å². The number of piperidine rings is 1. The first-order valence-corrected chi connectivity index (χ1v) is 9.39. The molecular weight excluding hydrogens is 326 g/mol. The Balaban J connectivity index is 1.46. The lowest BCUT2D eigenvalue weighted by Crippen LogP contribution is -2.44. The monoisotopic (exact) mass is 353 g/mol. The van der Waals surface area contributed by atoms with Gasteiger partial charge >= 0.3 is 0 Å². The van der Waals surface area contributed by atoms with E-state index in [1.807, 2.05) is 6.92 Å². The Labute approximate surface area is 155 Å². The van der Waals surface area contributed by atoms with Crippen molar-refractivity contribution in [1.82, 2.24) is 24.8 Å². The molecule has 138 valence electrons. The van der Waals surface area contributed by atoms with Crippen LogP contribution in [0.2, 0.25) is 0 Å². The number of hydrogen-bond donors (Lipinski definition) is 0.